The number of methoxy groups -OCH3 is 1. The highest BCUT2D eigenvalue weighted by molar-refractivity contribution is 6.32. The van der Waals surface area contributed by atoms with Gasteiger partial charge in [-0.15, -0.1) is 12.4 Å². The summed E-state index contributed by atoms with van der Waals surface area (Å²) in [7, 11) is 1.61. The molecule has 2 unspecified atom stereocenters. The van der Waals surface area contributed by atoms with Gasteiger partial charge < -0.3 is 24.3 Å². The zero-order valence-corrected chi connectivity index (χ0v) is 24.4. The monoisotopic (exact) mass is 581 g/mol. The molecule has 0 saturated carbocycles. The number of hydrogen-bond acceptors (Lipinski definition) is 5. The van der Waals surface area contributed by atoms with Crippen molar-refractivity contribution in [2.24, 2.45) is 0 Å². The maximum absolute atomic E-state index is 6.45. The predicted molar refractivity (Wildman–Crippen MR) is 164 cm³/mol. The van der Waals surface area contributed by atoms with Crippen LogP contribution in [0.15, 0.2) is 84.9 Å². The van der Waals surface area contributed by atoms with Crippen LogP contribution in [-0.2, 0) is 22.7 Å². The van der Waals surface area contributed by atoms with E-state index >= 15 is 0 Å². The molecule has 1 aliphatic rings. The summed E-state index contributed by atoms with van der Waals surface area (Å²) in [6, 6.07) is 29.2. The number of nitrogens with one attached hydrogen (secondary N) is 1. The molecule has 5 nitrogen and oxygen atoms in total. The van der Waals surface area contributed by atoms with Crippen molar-refractivity contribution in [3.63, 3.8) is 0 Å². The summed E-state index contributed by atoms with van der Waals surface area (Å²) in [5, 5.41) is 6.60. The fourth-order valence-electron chi connectivity index (χ4n) is 5.07. The summed E-state index contributed by atoms with van der Waals surface area (Å²) < 4.78 is 23.4. The summed E-state index contributed by atoms with van der Waals surface area (Å²) in [6.45, 7) is 4.21. The standard InChI is InChI=1S/C33H36ClNO4.ClH/c1-36-32-14-8-25(20-31(32)34)22-37-17-4-18-38-29-12-10-27(11-13-29)30-15-16-35-21-33(30)39-23-24-7-9-26-5-2-3-6-28(26)19-24;/h2-3,5-14,19-20,30,33,35H,4,15-18,21-23H2,1H3;1H. The van der Waals surface area contributed by atoms with Crippen LogP contribution < -0.4 is 14.8 Å². The van der Waals surface area contributed by atoms with E-state index in [1.165, 1.54) is 21.9 Å². The van der Waals surface area contributed by atoms with Crippen molar-refractivity contribution in [1.82, 2.24) is 5.32 Å². The molecule has 0 aromatic heterocycles. The molecule has 2 atom stereocenters. The number of rotatable bonds is 12. The molecule has 1 saturated heterocycles. The van der Waals surface area contributed by atoms with Gasteiger partial charge in [-0.05, 0) is 70.8 Å². The van der Waals surface area contributed by atoms with E-state index in [-0.39, 0.29) is 18.5 Å². The van der Waals surface area contributed by atoms with Crippen LogP contribution in [0.3, 0.4) is 0 Å². The lowest BCUT2D eigenvalue weighted by Crippen LogP contribution is -2.40. The van der Waals surface area contributed by atoms with Crippen LogP contribution >= 0.6 is 24.0 Å². The van der Waals surface area contributed by atoms with Crippen LogP contribution in [-0.4, -0.2) is 39.5 Å². The van der Waals surface area contributed by atoms with Gasteiger partial charge in [0.05, 0.1) is 44.7 Å². The molecule has 0 spiro atoms. The van der Waals surface area contributed by atoms with Gasteiger partial charge in [-0.2, -0.15) is 0 Å². The first-order valence-electron chi connectivity index (χ1n) is 13.6. The van der Waals surface area contributed by atoms with Crippen LogP contribution in [0, 0.1) is 0 Å². The maximum Gasteiger partial charge on any atom is 0.137 e. The van der Waals surface area contributed by atoms with E-state index < -0.39 is 0 Å². The van der Waals surface area contributed by atoms with Crippen molar-refractivity contribution in [3.8, 4) is 11.5 Å². The smallest absolute Gasteiger partial charge is 0.137 e. The van der Waals surface area contributed by atoms with Gasteiger partial charge in [-0.1, -0.05) is 66.2 Å². The molecule has 4 aromatic carbocycles. The van der Waals surface area contributed by atoms with E-state index in [2.05, 4.69) is 72.0 Å². The molecule has 5 rings (SSSR count). The second-order valence-electron chi connectivity index (χ2n) is 9.92. The highest BCUT2D eigenvalue weighted by atomic mass is 35.5. The number of fused-ring (bicyclic) bond motifs is 1. The molecule has 7 heteroatoms. The van der Waals surface area contributed by atoms with E-state index in [9.17, 15) is 0 Å². The Bertz CT molecular complexity index is 1350. The maximum atomic E-state index is 6.45. The molecule has 40 heavy (non-hydrogen) atoms. The van der Waals surface area contributed by atoms with E-state index in [4.69, 9.17) is 30.5 Å². The van der Waals surface area contributed by atoms with Crippen molar-refractivity contribution in [3.05, 3.63) is 107 Å². The second-order valence-corrected chi connectivity index (χ2v) is 10.3. The third-order valence-corrected chi connectivity index (χ3v) is 7.49. The number of ether oxygens (including phenoxy) is 4. The Hall–Kier alpha value is -2.80. The molecule has 1 fully saturated rings. The van der Waals surface area contributed by atoms with Gasteiger partial charge in [0.2, 0.25) is 0 Å². The topological polar surface area (TPSA) is 49.0 Å². The lowest BCUT2D eigenvalue weighted by molar-refractivity contribution is 0.0106. The quantitative estimate of drug-likeness (QED) is 0.175. The summed E-state index contributed by atoms with van der Waals surface area (Å²) in [4.78, 5) is 0. The van der Waals surface area contributed by atoms with Crippen molar-refractivity contribution in [2.45, 2.75) is 38.1 Å². The lowest BCUT2D eigenvalue weighted by atomic mass is 9.87. The normalized spacial score (nSPS) is 16.9. The van der Waals surface area contributed by atoms with Crippen LogP contribution in [0.4, 0.5) is 0 Å². The van der Waals surface area contributed by atoms with Crippen LogP contribution in [0.25, 0.3) is 10.8 Å². The summed E-state index contributed by atoms with van der Waals surface area (Å²) >= 11 is 6.18. The minimum Gasteiger partial charge on any atom is -0.495 e. The van der Waals surface area contributed by atoms with E-state index in [0.717, 1.165) is 37.2 Å². The van der Waals surface area contributed by atoms with Gasteiger partial charge in [0.15, 0.2) is 0 Å². The zero-order chi connectivity index (χ0) is 26.9. The van der Waals surface area contributed by atoms with Gasteiger partial charge in [-0.25, -0.2) is 0 Å². The molecule has 1 heterocycles. The molecule has 0 amide bonds. The molecule has 212 valence electrons. The van der Waals surface area contributed by atoms with Gasteiger partial charge in [0.1, 0.15) is 11.5 Å². The molecule has 1 N–H and O–H groups in total. The van der Waals surface area contributed by atoms with Gasteiger partial charge >= 0.3 is 0 Å². The molecule has 0 radical (unpaired) electrons. The van der Waals surface area contributed by atoms with E-state index in [1.54, 1.807) is 7.11 Å². The number of halogens is 2. The van der Waals surface area contributed by atoms with Crippen molar-refractivity contribution >= 4 is 34.8 Å². The Kier molecular flexibility index (Phi) is 11.5. The molecule has 0 aliphatic carbocycles. The lowest BCUT2D eigenvalue weighted by Gasteiger charge is -2.32. The van der Waals surface area contributed by atoms with Crippen molar-refractivity contribution < 1.29 is 18.9 Å². The highest BCUT2D eigenvalue weighted by Gasteiger charge is 2.27. The number of hydrogen-bond donors (Lipinski definition) is 1. The predicted octanol–water partition coefficient (Wildman–Crippen LogP) is 7.57. The summed E-state index contributed by atoms with van der Waals surface area (Å²) in [5.74, 6) is 1.91. The van der Waals surface area contributed by atoms with Crippen LogP contribution in [0.2, 0.25) is 5.02 Å². The fourth-order valence-corrected chi connectivity index (χ4v) is 5.35. The minimum absolute atomic E-state index is 0. The molecule has 0 bridgehead atoms. The molecular formula is C33H37Cl2NO4. The number of benzene rings is 4. The van der Waals surface area contributed by atoms with Crippen molar-refractivity contribution in [2.75, 3.05) is 33.4 Å². The van der Waals surface area contributed by atoms with E-state index in [1.807, 2.05) is 18.2 Å². The van der Waals surface area contributed by atoms with E-state index in [0.29, 0.717) is 43.1 Å². The zero-order valence-electron chi connectivity index (χ0n) is 22.8. The highest BCUT2D eigenvalue weighted by Crippen LogP contribution is 2.30. The SMILES string of the molecule is COc1ccc(COCCCOc2ccc(C3CCNCC3OCc3ccc4ccccc4c3)cc2)cc1Cl.Cl. The van der Waals surface area contributed by atoms with Gasteiger partial charge in [0, 0.05) is 18.9 Å². The third kappa shape index (κ3) is 8.12. The Labute approximate surface area is 248 Å². The molecule has 4 aromatic rings. The van der Waals surface area contributed by atoms with Gasteiger partial charge in [-0.3, -0.25) is 0 Å². The summed E-state index contributed by atoms with van der Waals surface area (Å²) in [6.07, 6.45) is 2.00. The first-order chi connectivity index (χ1) is 19.2. The first-order valence-corrected chi connectivity index (χ1v) is 14.0. The van der Waals surface area contributed by atoms with Crippen LogP contribution in [0.1, 0.15) is 35.4 Å². The molecule has 1 aliphatic heterocycles. The number of piperidine rings is 1. The Morgan fingerprint density at radius 1 is 0.850 bits per heavy atom. The average molecular weight is 583 g/mol. The Morgan fingerprint density at radius 3 is 2.42 bits per heavy atom. The van der Waals surface area contributed by atoms with Crippen LogP contribution in [0.5, 0.6) is 11.5 Å². The fraction of sp³-hybridized carbons (Fsp3) is 0.333. The summed E-state index contributed by atoms with van der Waals surface area (Å²) in [5.41, 5.74) is 3.53. The second kappa shape index (κ2) is 15.3. The largest absolute Gasteiger partial charge is 0.495 e. The van der Waals surface area contributed by atoms with Crippen molar-refractivity contribution in [1.29, 1.82) is 0 Å². The molecular weight excluding hydrogens is 545 g/mol. The Morgan fingerprint density at radius 2 is 1.62 bits per heavy atom. The third-order valence-electron chi connectivity index (χ3n) is 7.20. The first kappa shape index (κ1) is 30.2. The minimum atomic E-state index is 0. The average Bonchev–Trinajstić information content (AvgIpc) is 2.98. The Balaban J connectivity index is 0.00000370. The van der Waals surface area contributed by atoms with Gasteiger partial charge in [0.25, 0.3) is 0 Å².